The Morgan fingerprint density at radius 3 is 2.63 bits per heavy atom. The molecule has 1 aliphatic carbocycles. The van der Waals surface area contributed by atoms with Crippen molar-refractivity contribution in [2.75, 3.05) is 0 Å². The number of para-hydroxylation sites is 1. The highest BCUT2D eigenvalue weighted by Gasteiger charge is 2.16. The molecule has 1 heterocycles. The highest BCUT2D eigenvalue weighted by molar-refractivity contribution is 5.81. The minimum Gasteiger partial charge on any atom is -0.268 e. The third-order valence-electron chi connectivity index (χ3n) is 6.15. The molecule has 3 aromatic carbocycles. The molecular formula is C27H24N2O. The second-order valence-corrected chi connectivity index (χ2v) is 8.01. The summed E-state index contributed by atoms with van der Waals surface area (Å²) in [5.41, 5.74) is 6.28. The van der Waals surface area contributed by atoms with E-state index in [1.165, 1.54) is 16.7 Å². The van der Waals surface area contributed by atoms with Gasteiger partial charge in [0.15, 0.2) is 0 Å². The van der Waals surface area contributed by atoms with Gasteiger partial charge in [0.05, 0.1) is 16.6 Å². The first-order chi connectivity index (χ1) is 14.7. The van der Waals surface area contributed by atoms with Crippen molar-refractivity contribution in [2.45, 2.75) is 32.6 Å². The zero-order chi connectivity index (χ0) is 20.7. The Balaban J connectivity index is 1.76. The van der Waals surface area contributed by atoms with Crippen LogP contribution in [0.2, 0.25) is 0 Å². The molecule has 0 radical (unpaired) electrons. The minimum absolute atomic E-state index is 0.0390. The Hall–Kier alpha value is -3.46. The lowest BCUT2D eigenvalue weighted by molar-refractivity contribution is 0.733. The van der Waals surface area contributed by atoms with Crippen molar-refractivity contribution in [1.29, 1.82) is 0 Å². The Bertz CT molecular complexity index is 1330. The smallest absolute Gasteiger partial charge is 0.266 e. The molecule has 0 bridgehead atoms. The van der Waals surface area contributed by atoms with E-state index in [4.69, 9.17) is 4.98 Å². The molecule has 1 atom stereocenters. The van der Waals surface area contributed by atoms with E-state index in [1.54, 1.807) is 4.57 Å². The largest absolute Gasteiger partial charge is 0.268 e. The van der Waals surface area contributed by atoms with E-state index in [0.717, 1.165) is 29.6 Å². The van der Waals surface area contributed by atoms with Crippen molar-refractivity contribution in [3.63, 3.8) is 0 Å². The van der Waals surface area contributed by atoms with Crippen LogP contribution in [-0.4, -0.2) is 9.55 Å². The van der Waals surface area contributed by atoms with Crippen LogP contribution < -0.4 is 5.56 Å². The van der Waals surface area contributed by atoms with Crippen LogP contribution in [0.3, 0.4) is 0 Å². The molecule has 3 heteroatoms. The van der Waals surface area contributed by atoms with Gasteiger partial charge in [0.1, 0.15) is 5.82 Å². The van der Waals surface area contributed by atoms with Crippen LogP contribution in [0.1, 0.15) is 42.9 Å². The number of aromatic nitrogens is 2. The Labute approximate surface area is 176 Å². The molecule has 0 spiro atoms. The molecule has 0 saturated heterocycles. The van der Waals surface area contributed by atoms with E-state index in [2.05, 4.69) is 56.3 Å². The second kappa shape index (κ2) is 7.42. The number of allylic oxidation sites excluding steroid dienone is 1. The van der Waals surface area contributed by atoms with Gasteiger partial charge >= 0.3 is 0 Å². The highest BCUT2D eigenvalue weighted by Crippen LogP contribution is 2.28. The van der Waals surface area contributed by atoms with Crippen LogP contribution in [-0.2, 0) is 6.42 Å². The predicted octanol–water partition coefficient (Wildman–Crippen LogP) is 6.14. The monoisotopic (exact) mass is 392 g/mol. The number of hydrogen-bond donors (Lipinski definition) is 0. The van der Waals surface area contributed by atoms with Gasteiger partial charge in [-0.3, -0.25) is 9.36 Å². The van der Waals surface area contributed by atoms with Crippen molar-refractivity contribution in [1.82, 2.24) is 9.55 Å². The van der Waals surface area contributed by atoms with Crippen molar-refractivity contribution in [3.8, 4) is 17.1 Å². The Kier molecular flexibility index (Phi) is 4.59. The number of benzene rings is 3. The van der Waals surface area contributed by atoms with Gasteiger partial charge in [0, 0.05) is 5.56 Å². The SMILES string of the molecule is CCC(C)c1ccc(-n2c(-c3ccc4c(c3)C=CC4)nc3ccccc3c2=O)cc1. The van der Waals surface area contributed by atoms with E-state index < -0.39 is 0 Å². The van der Waals surface area contributed by atoms with Crippen LogP contribution in [0.4, 0.5) is 0 Å². The maximum atomic E-state index is 13.5. The molecule has 148 valence electrons. The van der Waals surface area contributed by atoms with E-state index in [9.17, 15) is 4.79 Å². The fourth-order valence-corrected chi connectivity index (χ4v) is 4.14. The maximum Gasteiger partial charge on any atom is 0.266 e. The topological polar surface area (TPSA) is 34.9 Å². The number of nitrogens with zero attached hydrogens (tertiary/aromatic N) is 2. The molecule has 30 heavy (non-hydrogen) atoms. The molecule has 1 aromatic heterocycles. The molecule has 0 amide bonds. The average molecular weight is 393 g/mol. The summed E-state index contributed by atoms with van der Waals surface area (Å²) in [6.45, 7) is 4.42. The lowest BCUT2D eigenvalue weighted by Gasteiger charge is -2.16. The molecule has 0 fully saturated rings. The molecule has 4 aromatic rings. The molecule has 3 nitrogen and oxygen atoms in total. The van der Waals surface area contributed by atoms with Crippen LogP contribution in [0, 0.1) is 0 Å². The fraction of sp³-hybridized carbons (Fsp3) is 0.185. The molecule has 1 unspecified atom stereocenters. The lowest BCUT2D eigenvalue weighted by Crippen LogP contribution is -2.22. The van der Waals surface area contributed by atoms with Crippen LogP contribution >= 0.6 is 0 Å². The van der Waals surface area contributed by atoms with E-state index in [-0.39, 0.29) is 5.56 Å². The summed E-state index contributed by atoms with van der Waals surface area (Å²) >= 11 is 0. The summed E-state index contributed by atoms with van der Waals surface area (Å²) in [6, 6.07) is 22.3. The number of hydrogen-bond acceptors (Lipinski definition) is 2. The molecule has 1 aliphatic rings. The average Bonchev–Trinajstić information content (AvgIpc) is 3.26. The molecule has 0 aliphatic heterocycles. The third-order valence-corrected chi connectivity index (χ3v) is 6.15. The predicted molar refractivity (Wildman–Crippen MR) is 124 cm³/mol. The molecule has 0 N–H and O–H groups in total. The molecule has 5 rings (SSSR count). The van der Waals surface area contributed by atoms with Gasteiger partial charge in [-0.2, -0.15) is 0 Å². The van der Waals surface area contributed by atoms with Gasteiger partial charge in [-0.25, -0.2) is 4.98 Å². The molecular weight excluding hydrogens is 368 g/mol. The standard InChI is InChI=1S/C27H24N2O/c1-3-18(2)19-13-15-23(16-14-19)29-26(22-12-11-20-7-6-8-21(20)17-22)28-25-10-5-4-9-24(25)27(29)30/h4-6,8-18H,3,7H2,1-2H3. The first-order valence-corrected chi connectivity index (χ1v) is 10.6. The zero-order valence-electron chi connectivity index (χ0n) is 17.3. The number of fused-ring (bicyclic) bond motifs is 2. The number of rotatable bonds is 4. The van der Waals surface area contributed by atoms with Crippen molar-refractivity contribution < 1.29 is 0 Å². The van der Waals surface area contributed by atoms with Crippen LogP contribution in [0.15, 0.2) is 77.6 Å². The summed E-state index contributed by atoms with van der Waals surface area (Å²) in [5.74, 6) is 1.17. The summed E-state index contributed by atoms with van der Waals surface area (Å²) in [6.07, 6.45) is 6.36. The second-order valence-electron chi connectivity index (χ2n) is 8.01. The molecule has 0 saturated carbocycles. The van der Waals surface area contributed by atoms with Gasteiger partial charge in [-0.1, -0.05) is 62.4 Å². The quantitative estimate of drug-likeness (QED) is 0.418. The van der Waals surface area contributed by atoms with Gasteiger partial charge in [0.25, 0.3) is 5.56 Å². The van der Waals surface area contributed by atoms with Crippen LogP contribution in [0.5, 0.6) is 0 Å². The van der Waals surface area contributed by atoms with Crippen molar-refractivity contribution in [2.24, 2.45) is 0 Å². The van der Waals surface area contributed by atoms with Crippen molar-refractivity contribution >= 4 is 17.0 Å². The van der Waals surface area contributed by atoms with Crippen molar-refractivity contribution in [3.05, 3.63) is 99.9 Å². The Morgan fingerprint density at radius 2 is 1.83 bits per heavy atom. The highest BCUT2D eigenvalue weighted by atomic mass is 16.1. The first kappa shape index (κ1) is 18.6. The summed E-state index contributed by atoms with van der Waals surface area (Å²) in [4.78, 5) is 18.5. The summed E-state index contributed by atoms with van der Waals surface area (Å²) in [7, 11) is 0. The third kappa shape index (κ3) is 3.07. The van der Waals surface area contributed by atoms with Gasteiger partial charge in [-0.05, 0) is 65.8 Å². The minimum atomic E-state index is -0.0390. The van der Waals surface area contributed by atoms with E-state index in [0.29, 0.717) is 17.1 Å². The normalized spacial score (nSPS) is 13.5. The summed E-state index contributed by atoms with van der Waals surface area (Å²) < 4.78 is 1.75. The summed E-state index contributed by atoms with van der Waals surface area (Å²) in [5, 5.41) is 0.633. The van der Waals surface area contributed by atoms with Gasteiger partial charge < -0.3 is 0 Å². The van der Waals surface area contributed by atoms with E-state index >= 15 is 0 Å². The van der Waals surface area contributed by atoms with Gasteiger partial charge in [-0.15, -0.1) is 0 Å². The maximum absolute atomic E-state index is 13.5. The van der Waals surface area contributed by atoms with Crippen LogP contribution in [0.25, 0.3) is 34.1 Å². The fourth-order valence-electron chi connectivity index (χ4n) is 4.14. The lowest BCUT2D eigenvalue weighted by atomic mass is 9.98. The van der Waals surface area contributed by atoms with E-state index in [1.807, 2.05) is 36.4 Å². The first-order valence-electron chi connectivity index (χ1n) is 10.6. The van der Waals surface area contributed by atoms with Gasteiger partial charge in [0.2, 0.25) is 0 Å². The Morgan fingerprint density at radius 1 is 1.03 bits per heavy atom. The zero-order valence-corrected chi connectivity index (χ0v) is 17.3.